The molecule has 130 valence electrons. The summed E-state index contributed by atoms with van der Waals surface area (Å²) >= 11 is 0. The largest absolute Gasteiger partial charge is 0.493 e. The second kappa shape index (κ2) is 7.62. The summed E-state index contributed by atoms with van der Waals surface area (Å²) < 4.78 is 6.41. The summed E-state index contributed by atoms with van der Waals surface area (Å²) in [7, 11) is 0. The van der Waals surface area contributed by atoms with Gasteiger partial charge in [0, 0.05) is 5.92 Å². The Hall–Kier alpha value is -1.46. The Morgan fingerprint density at radius 3 is 2.62 bits per heavy atom. The molecule has 0 saturated heterocycles. The van der Waals surface area contributed by atoms with Gasteiger partial charge >= 0.3 is 0 Å². The van der Waals surface area contributed by atoms with E-state index in [1.165, 1.54) is 31.3 Å². The van der Waals surface area contributed by atoms with Gasteiger partial charge in [0.05, 0.1) is 17.1 Å². The first-order chi connectivity index (χ1) is 11.7. The van der Waals surface area contributed by atoms with Gasteiger partial charge in [-0.1, -0.05) is 56.4 Å². The molecule has 0 bridgehead atoms. The summed E-state index contributed by atoms with van der Waals surface area (Å²) in [6.07, 6.45) is 23.5. The molecule has 0 aromatic rings. The van der Waals surface area contributed by atoms with Crippen LogP contribution in [-0.2, 0) is 4.74 Å². The fourth-order valence-electron chi connectivity index (χ4n) is 4.56. The Labute approximate surface area is 147 Å². The van der Waals surface area contributed by atoms with Gasteiger partial charge in [0.15, 0.2) is 0 Å². The highest BCUT2D eigenvalue weighted by atomic mass is 16.5. The highest BCUT2D eigenvalue weighted by molar-refractivity contribution is 5.36. The van der Waals surface area contributed by atoms with Crippen molar-refractivity contribution < 1.29 is 4.74 Å². The van der Waals surface area contributed by atoms with Crippen LogP contribution in [0.1, 0.15) is 57.8 Å². The highest BCUT2D eigenvalue weighted by Crippen LogP contribution is 2.52. The second-order valence-corrected chi connectivity index (χ2v) is 7.57. The first kappa shape index (κ1) is 17.4. The molecule has 2 heteroatoms. The average molecular weight is 325 g/mol. The molecule has 0 amide bonds. The number of allylic oxidation sites excluding steroid dienone is 4. The molecular formula is C22H31NO. The fraction of sp³-hybridized carbons (Fsp3) is 0.636. The summed E-state index contributed by atoms with van der Waals surface area (Å²) in [6.45, 7) is 5.09. The van der Waals surface area contributed by atoms with Gasteiger partial charge in [-0.25, -0.2) is 0 Å². The first-order valence-electron chi connectivity index (χ1n) is 9.62. The van der Waals surface area contributed by atoms with Crippen LogP contribution in [0.2, 0.25) is 0 Å². The maximum atomic E-state index is 6.41. The SMILES string of the molecule is C#CC1C(CCN)C1OC(=C)C1(C2=CCCC=C2)CCCCCC1. The Kier molecular flexibility index (Phi) is 5.51. The molecule has 3 aliphatic rings. The number of nitrogens with two attached hydrogens (primary N) is 1. The van der Waals surface area contributed by atoms with E-state index in [2.05, 4.69) is 30.7 Å². The molecular weight excluding hydrogens is 294 g/mol. The van der Waals surface area contributed by atoms with E-state index in [1.807, 2.05) is 0 Å². The Bertz CT molecular complexity index is 557. The van der Waals surface area contributed by atoms with Crippen molar-refractivity contribution in [2.45, 2.75) is 63.9 Å². The van der Waals surface area contributed by atoms with E-state index in [9.17, 15) is 0 Å². The lowest BCUT2D eigenvalue weighted by Gasteiger charge is -2.37. The van der Waals surface area contributed by atoms with Gasteiger partial charge in [-0.3, -0.25) is 0 Å². The molecule has 24 heavy (non-hydrogen) atoms. The number of ether oxygens (including phenoxy) is 1. The van der Waals surface area contributed by atoms with E-state index in [0.717, 1.165) is 37.9 Å². The molecule has 0 heterocycles. The molecule has 0 radical (unpaired) electrons. The van der Waals surface area contributed by atoms with Crippen LogP contribution in [0.3, 0.4) is 0 Å². The molecule has 0 spiro atoms. The van der Waals surface area contributed by atoms with Gasteiger partial charge in [0.1, 0.15) is 6.10 Å². The third-order valence-electron chi connectivity index (χ3n) is 6.11. The fourth-order valence-corrected chi connectivity index (χ4v) is 4.56. The van der Waals surface area contributed by atoms with E-state index < -0.39 is 0 Å². The maximum Gasteiger partial charge on any atom is 0.116 e. The van der Waals surface area contributed by atoms with Crippen LogP contribution < -0.4 is 5.73 Å². The summed E-state index contributed by atoms with van der Waals surface area (Å²) in [5.41, 5.74) is 7.13. The minimum atomic E-state index is -0.0115. The molecule has 2 saturated carbocycles. The predicted molar refractivity (Wildman–Crippen MR) is 100 cm³/mol. The Balaban J connectivity index is 1.78. The van der Waals surface area contributed by atoms with Crippen molar-refractivity contribution >= 4 is 0 Å². The standard InChI is InChI=1S/C22H31NO/c1-3-19-20(13-16-23)21(19)24-17(2)22(14-9-4-5-10-15-22)18-11-7-6-8-12-18/h1,7,11-12,19-21H,2,4-6,8-10,13-16,23H2. The van der Waals surface area contributed by atoms with Crippen LogP contribution in [-0.4, -0.2) is 12.6 Å². The van der Waals surface area contributed by atoms with Gasteiger partial charge in [-0.05, 0) is 44.2 Å². The van der Waals surface area contributed by atoms with E-state index in [1.54, 1.807) is 0 Å². The maximum absolute atomic E-state index is 6.41. The zero-order chi connectivity index (χ0) is 17.0. The lowest BCUT2D eigenvalue weighted by molar-refractivity contribution is 0.111. The van der Waals surface area contributed by atoms with Crippen molar-refractivity contribution in [1.29, 1.82) is 0 Å². The number of hydrogen-bond acceptors (Lipinski definition) is 2. The van der Waals surface area contributed by atoms with Crippen LogP contribution in [0.15, 0.2) is 36.1 Å². The van der Waals surface area contributed by atoms with Gasteiger partial charge in [0.2, 0.25) is 0 Å². The summed E-state index contributed by atoms with van der Waals surface area (Å²) in [5.74, 6) is 4.46. The van der Waals surface area contributed by atoms with Crippen molar-refractivity contribution in [3.63, 3.8) is 0 Å². The number of rotatable bonds is 6. The number of terminal acetylenes is 1. The molecule has 3 rings (SSSR count). The molecule has 2 N–H and O–H groups in total. The average Bonchev–Trinajstić information content (AvgIpc) is 3.33. The van der Waals surface area contributed by atoms with Crippen LogP contribution in [0.5, 0.6) is 0 Å². The number of hydrogen-bond donors (Lipinski definition) is 1. The van der Waals surface area contributed by atoms with Crippen molar-refractivity contribution in [1.82, 2.24) is 0 Å². The lowest BCUT2D eigenvalue weighted by Crippen LogP contribution is -2.27. The predicted octanol–water partition coefficient (Wildman–Crippen LogP) is 4.73. The van der Waals surface area contributed by atoms with Crippen molar-refractivity contribution in [3.05, 3.63) is 36.1 Å². The zero-order valence-electron chi connectivity index (χ0n) is 14.8. The van der Waals surface area contributed by atoms with E-state index in [0.29, 0.717) is 12.5 Å². The van der Waals surface area contributed by atoms with Gasteiger partial charge in [0.25, 0.3) is 0 Å². The Morgan fingerprint density at radius 1 is 1.29 bits per heavy atom. The van der Waals surface area contributed by atoms with Gasteiger partial charge in [-0.2, -0.15) is 0 Å². The van der Waals surface area contributed by atoms with Gasteiger partial charge in [-0.15, -0.1) is 6.42 Å². The molecule has 0 aromatic heterocycles. The minimum Gasteiger partial charge on any atom is -0.493 e. The van der Waals surface area contributed by atoms with Crippen LogP contribution in [0, 0.1) is 29.6 Å². The topological polar surface area (TPSA) is 35.2 Å². The quantitative estimate of drug-likeness (QED) is 0.435. The van der Waals surface area contributed by atoms with E-state index in [-0.39, 0.29) is 17.4 Å². The summed E-state index contributed by atoms with van der Waals surface area (Å²) in [4.78, 5) is 0. The third kappa shape index (κ3) is 3.33. The summed E-state index contributed by atoms with van der Waals surface area (Å²) in [6, 6.07) is 0. The van der Waals surface area contributed by atoms with E-state index >= 15 is 0 Å². The van der Waals surface area contributed by atoms with E-state index in [4.69, 9.17) is 16.9 Å². The second-order valence-electron chi connectivity index (χ2n) is 7.57. The van der Waals surface area contributed by atoms with Crippen molar-refractivity contribution in [2.24, 2.45) is 23.0 Å². The van der Waals surface area contributed by atoms with Gasteiger partial charge < -0.3 is 10.5 Å². The zero-order valence-corrected chi connectivity index (χ0v) is 14.8. The first-order valence-corrected chi connectivity index (χ1v) is 9.62. The van der Waals surface area contributed by atoms with Crippen LogP contribution in [0.4, 0.5) is 0 Å². The molecule has 0 aliphatic heterocycles. The molecule has 3 unspecified atom stereocenters. The highest BCUT2D eigenvalue weighted by Gasteiger charge is 2.52. The molecule has 0 aromatic carbocycles. The lowest BCUT2D eigenvalue weighted by atomic mass is 9.71. The Morgan fingerprint density at radius 2 is 2.04 bits per heavy atom. The van der Waals surface area contributed by atoms with Crippen molar-refractivity contribution in [2.75, 3.05) is 6.54 Å². The van der Waals surface area contributed by atoms with Crippen molar-refractivity contribution in [3.8, 4) is 12.3 Å². The molecule has 3 atom stereocenters. The minimum absolute atomic E-state index is 0.0115. The smallest absolute Gasteiger partial charge is 0.116 e. The van der Waals surface area contributed by atoms with Crippen LogP contribution >= 0.6 is 0 Å². The monoisotopic (exact) mass is 325 g/mol. The third-order valence-corrected chi connectivity index (χ3v) is 6.11. The molecule has 2 fully saturated rings. The molecule has 2 nitrogen and oxygen atoms in total. The van der Waals surface area contributed by atoms with Crippen LogP contribution in [0.25, 0.3) is 0 Å². The normalized spacial score (nSPS) is 31.5. The molecule has 3 aliphatic carbocycles. The summed E-state index contributed by atoms with van der Waals surface area (Å²) in [5, 5.41) is 0.